The average molecular weight is 151 g/mol. The fourth-order valence-corrected chi connectivity index (χ4v) is 1.00. The summed E-state index contributed by atoms with van der Waals surface area (Å²) >= 11 is 0. The predicted molar refractivity (Wildman–Crippen MR) is 32.9 cm³/mol. The number of alkyl halides is 2. The number of halogens is 2. The number of nitrogens with two attached hydrogens (primary N) is 1. The molecule has 4 heteroatoms. The second-order valence-corrected chi connectivity index (χ2v) is 2.52. The molecule has 2 nitrogen and oxygen atoms in total. The molecule has 1 aliphatic heterocycles. The monoisotopic (exact) mass is 151 g/mol. The molecule has 0 saturated carbocycles. The molecule has 1 fully saturated rings. The van der Waals surface area contributed by atoms with Crippen LogP contribution in [0.2, 0.25) is 0 Å². The lowest BCUT2D eigenvalue weighted by atomic mass is 9.98. The number of rotatable bonds is 1. The van der Waals surface area contributed by atoms with Crippen molar-refractivity contribution in [3.05, 3.63) is 0 Å². The Kier molecular flexibility index (Phi) is 2.21. The third-order valence-corrected chi connectivity index (χ3v) is 1.78. The molecule has 0 aromatic carbocycles. The number of hydrogen-bond acceptors (Lipinski definition) is 2. The smallest absolute Gasteiger partial charge is 0.256 e. The van der Waals surface area contributed by atoms with Gasteiger partial charge in [0, 0.05) is 13.0 Å². The van der Waals surface area contributed by atoms with Gasteiger partial charge in [0.2, 0.25) is 0 Å². The molecule has 0 aliphatic carbocycles. The fraction of sp³-hybridized carbons (Fsp3) is 1.00. The lowest BCUT2D eigenvalue weighted by molar-refractivity contribution is -0.137. The summed E-state index contributed by atoms with van der Waals surface area (Å²) in [5.41, 5.74) is 5.12. The second-order valence-electron chi connectivity index (χ2n) is 2.52. The van der Waals surface area contributed by atoms with Crippen molar-refractivity contribution in [2.75, 3.05) is 19.8 Å². The summed E-state index contributed by atoms with van der Waals surface area (Å²) in [4.78, 5) is 0. The Bertz CT molecular complexity index is 118. The molecule has 0 spiro atoms. The van der Waals surface area contributed by atoms with E-state index in [4.69, 9.17) is 10.5 Å². The highest BCUT2D eigenvalue weighted by Crippen LogP contribution is 2.31. The molecule has 0 aromatic heterocycles. The van der Waals surface area contributed by atoms with Gasteiger partial charge in [0.25, 0.3) is 5.92 Å². The molecule has 0 amide bonds. The molecular formula is C6H11F2NO. The van der Waals surface area contributed by atoms with Crippen LogP contribution in [0.15, 0.2) is 0 Å². The molecule has 10 heavy (non-hydrogen) atoms. The topological polar surface area (TPSA) is 35.2 Å². The van der Waals surface area contributed by atoms with Crippen LogP contribution >= 0.6 is 0 Å². The van der Waals surface area contributed by atoms with Crippen molar-refractivity contribution in [3.8, 4) is 0 Å². The Morgan fingerprint density at radius 2 is 2.30 bits per heavy atom. The van der Waals surface area contributed by atoms with Crippen LogP contribution in [-0.4, -0.2) is 25.7 Å². The van der Waals surface area contributed by atoms with E-state index < -0.39 is 11.8 Å². The van der Waals surface area contributed by atoms with E-state index in [1.165, 1.54) is 0 Å². The van der Waals surface area contributed by atoms with E-state index in [0.717, 1.165) is 0 Å². The molecule has 1 heterocycles. The fourth-order valence-electron chi connectivity index (χ4n) is 1.00. The summed E-state index contributed by atoms with van der Waals surface area (Å²) in [5, 5.41) is 0. The van der Waals surface area contributed by atoms with E-state index in [1.54, 1.807) is 0 Å². The first kappa shape index (κ1) is 7.88. The van der Waals surface area contributed by atoms with Crippen molar-refractivity contribution in [2.24, 2.45) is 11.7 Å². The van der Waals surface area contributed by atoms with Gasteiger partial charge in [-0.2, -0.15) is 0 Å². The zero-order valence-corrected chi connectivity index (χ0v) is 5.65. The van der Waals surface area contributed by atoms with E-state index in [0.29, 0.717) is 0 Å². The van der Waals surface area contributed by atoms with Gasteiger partial charge in [-0.1, -0.05) is 0 Å². The third kappa shape index (κ3) is 1.44. The van der Waals surface area contributed by atoms with Crippen LogP contribution in [0.4, 0.5) is 8.78 Å². The highest BCUT2D eigenvalue weighted by Gasteiger charge is 2.40. The molecule has 1 unspecified atom stereocenters. The molecule has 2 N–H and O–H groups in total. The maximum absolute atomic E-state index is 12.7. The molecule has 0 aromatic rings. The highest BCUT2D eigenvalue weighted by molar-refractivity contribution is 4.80. The van der Waals surface area contributed by atoms with Crippen LogP contribution in [0.3, 0.4) is 0 Å². The van der Waals surface area contributed by atoms with E-state index in [1.807, 2.05) is 0 Å². The zero-order chi connectivity index (χ0) is 7.61. The van der Waals surface area contributed by atoms with Gasteiger partial charge >= 0.3 is 0 Å². The van der Waals surface area contributed by atoms with Crippen LogP contribution in [0, 0.1) is 5.92 Å². The van der Waals surface area contributed by atoms with Gasteiger partial charge in [-0.25, -0.2) is 8.78 Å². The van der Waals surface area contributed by atoms with E-state index >= 15 is 0 Å². The molecule has 1 rings (SSSR count). The Labute approximate surface area is 58.3 Å². The standard InChI is InChI=1S/C6H11F2NO/c7-6(8)1-2-10-4-5(6)3-9/h5H,1-4,9H2. The van der Waals surface area contributed by atoms with Crippen LogP contribution < -0.4 is 5.73 Å². The van der Waals surface area contributed by atoms with Crippen molar-refractivity contribution < 1.29 is 13.5 Å². The minimum atomic E-state index is -2.60. The summed E-state index contributed by atoms with van der Waals surface area (Å²) in [7, 11) is 0. The normalized spacial score (nSPS) is 32.1. The highest BCUT2D eigenvalue weighted by atomic mass is 19.3. The maximum atomic E-state index is 12.7. The average Bonchev–Trinajstić information content (AvgIpc) is 1.87. The van der Waals surface area contributed by atoms with Crippen LogP contribution in [0.1, 0.15) is 6.42 Å². The number of ether oxygens (including phenoxy) is 1. The Morgan fingerprint density at radius 3 is 2.70 bits per heavy atom. The summed E-state index contributed by atoms with van der Waals surface area (Å²) in [6, 6.07) is 0. The first-order valence-corrected chi connectivity index (χ1v) is 3.32. The minimum Gasteiger partial charge on any atom is -0.381 e. The largest absolute Gasteiger partial charge is 0.381 e. The first-order chi connectivity index (χ1) is 4.67. The SMILES string of the molecule is NCC1COCCC1(F)F. The number of hydrogen-bond donors (Lipinski definition) is 1. The summed E-state index contributed by atoms with van der Waals surface area (Å²) in [6.45, 7) is 0.264. The van der Waals surface area contributed by atoms with Crippen molar-refractivity contribution >= 4 is 0 Å². The Hall–Kier alpha value is -0.220. The molecule has 1 atom stereocenters. The summed E-state index contributed by atoms with van der Waals surface area (Å²) in [6.07, 6.45) is -0.186. The van der Waals surface area contributed by atoms with E-state index in [2.05, 4.69) is 0 Å². The lowest BCUT2D eigenvalue weighted by Crippen LogP contribution is -2.42. The van der Waals surface area contributed by atoms with Gasteiger partial charge in [0.1, 0.15) is 0 Å². The molecular weight excluding hydrogens is 140 g/mol. The molecule has 1 saturated heterocycles. The van der Waals surface area contributed by atoms with Crippen molar-refractivity contribution in [2.45, 2.75) is 12.3 Å². The van der Waals surface area contributed by atoms with Crippen molar-refractivity contribution in [3.63, 3.8) is 0 Å². The third-order valence-electron chi connectivity index (χ3n) is 1.78. The summed E-state index contributed by atoms with van der Waals surface area (Å²) in [5.74, 6) is -3.38. The first-order valence-electron chi connectivity index (χ1n) is 3.32. The van der Waals surface area contributed by atoms with Crippen molar-refractivity contribution in [1.82, 2.24) is 0 Å². The van der Waals surface area contributed by atoms with Gasteiger partial charge in [-0.3, -0.25) is 0 Å². The van der Waals surface area contributed by atoms with Crippen LogP contribution in [-0.2, 0) is 4.74 Å². The minimum absolute atomic E-state index is 0.00694. The molecule has 60 valence electrons. The van der Waals surface area contributed by atoms with Crippen LogP contribution in [0.5, 0.6) is 0 Å². The van der Waals surface area contributed by atoms with Gasteiger partial charge in [-0.15, -0.1) is 0 Å². The van der Waals surface area contributed by atoms with E-state index in [-0.39, 0.29) is 26.2 Å². The predicted octanol–water partition coefficient (Wildman–Crippen LogP) is 0.617. The summed E-state index contributed by atoms with van der Waals surface area (Å²) < 4.78 is 30.3. The molecule has 0 bridgehead atoms. The molecule has 0 radical (unpaired) electrons. The van der Waals surface area contributed by atoms with E-state index in [9.17, 15) is 8.78 Å². The Balaban J connectivity index is 2.51. The maximum Gasteiger partial charge on any atom is 0.256 e. The van der Waals surface area contributed by atoms with Gasteiger partial charge in [0.05, 0.1) is 19.1 Å². The van der Waals surface area contributed by atoms with Gasteiger partial charge in [-0.05, 0) is 0 Å². The van der Waals surface area contributed by atoms with Gasteiger partial charge in [0.15, 0.2) is 0 Å². The zero-order valence-electron chi connectivity index (χ0n) is 5.65. The van der Waals surface area contributed by atoms with Gasteiger partial charge < -0.3 is 10.5 Å². The Morgan fingerprint density at radius 1 is 1.60 bits per heavy atom. The quantitative estimate of drug-likeness (QED) is 0.596. The van der Waals surface area contributed by atoms with Crippen LogP contribution in [0.25, 0.3) is 0 Å². The van der Waals surface area contributed by atoms with Crippen molar-refractivity contribution in [1.29, 1.82) is 0 Å². The lowest BCUT2D eigenvalue weighted by Gasteiger charge is -2.29. The molecule has 1 aliphatic rings. The second kappa shape index (κ2) is 2.80.